The quantitative estimate of drug-likeness (QED) is 0.202. The van der Waals surface area contributed by atoms with Gasteiger partial charge < -0.3 is 4.74 Å². The number of aryl methyl sites for hydroxylation is 1. The zero-order valence-electron chi connectivity index (χ0n) is 22.2. The molecule has 2 aromatic carbocycles. The summed E-state index contributed by atoms with van der Waals surface area (Å²) < 4.78 is 7.88. The number of rotatable bonds is 6. The molecule has 0 fully saturated rings. The fraction of sp³-hybridized carbons (Fsp3) is 0.345. The third-order valence-corrected chi connectivity index (χ3v) is 9.89. The number of pyridine rings is 1. The summed E-state index contributed by atoms with van der Waals surface area (Å²) in [6, 6.07) is 12.1. The first-order valence-corrected chi connectivity index (χ1v) is 14.9. The van der Waals surface area contributed by atoms with Crippen LogP contribution in [0.5, 0.6) is 5.75 Å². The molecule has 192 valence electrons. The van der Waals surface area contributed by atoms with Crippen LogP contribution in [0.4, 0.5) is 0 Å². The van der Waals surface area contributed by atoms with Crippen LogP contribution < -0.4 is 9.30 Å². The number of fused-ring (bicyclic) bond motifs is 2. The maximum atomic E-state index is 13.1. The molecule has 0 unspecified atom stereocenters. The van der Waals surface area contributed by atoms with E-state index in [9.17, 15) is 4.79 Å². The van der Waals surface area contributed by atoms with Gasteiger partial charge in [0.25, 0.3) is 0 Å². The lowest BCUT2D eigenvalue weighted by Crippen LogP contribution is -2.38. The lowest BCUT2D eigenvalue weighted by molar-refractivity contribution is -0.611. The van der Waals surface area contributed by atoms with Crippen molar-refractivity contribution in [3.8, 4) is 11.7 Å². The second kappa shape index (κ2) is 9.37. The van der Waals surface area contributed by atoms with Crippen molar-refractivity contribution < 1.29 is 14.1 Å². The molecule has 0 atom stereocenters. The van der Waals surface area contributed by atoms with Crippen molar-refractivity contribution in [2.45, 2.75) is 63.0 Å². The number of aromatic nitrogens is 3. The van der Waals surface area contributed by atoms with E-state index < -0.39 is 10.8 Å². The molecule has 37 heavy (non-hydrogen) atoms. The van der Waals surface area contributed by atoms with Gasteiger partial charge in [0.2, 0.25) is 0 Å². The maximum absolute atomic E-state index is 13.1. The Kier molecular flexibility index (Phi) is 6.62. The smallest absolute Gasteiger partial charge is 0.402 e. The van der Waals surface area contributed by atoms with E-state index in [0.717, 1.165) is 66.3 Å². The Labute approximate surface area is 230 Å². The summed E-state index contributed by atoms with van der Waals surface area (Å²) in [7, 11) is 5.15. The molecular weight excluding hydrogens is 522 g/mol. The number of methoxy groups -OCH3 is 1. The highest BCUT2D eigenvalue weighted by Crippen LogP contribution is 2.47. The highest BCUT2D eigenvalue weighted by Gasteiger charge is 2.50. The Morgan fingerprint density at radius 3 is 2.46 bits per heavy atom. The van der Waals surface area contributed by atoms with Gasteiger partial charge in [0.05, 0.1) is 19.1 Å². The molecule has 0 aliphatic heterocycles. The summed E-state index contributed by atoms with van der Waals surface area (Å²) in [5.41, 5.74) is 6.08. The number of aromatic amines is 1. The SMILES string of the molecule is COc1c(C)c[n+](-c2nc3cc4c(cc3[nH]2)C(C)(C)C(=O)C4(C)C)c(CSSc2cccc(Cl)c2)c1C. The molecule has 5 rings (SSSR count). The van der Waals surface area contributed by atoms with Crippen molar-refractivity contribution in [3.05, 3.63) is 75.6 Å². The van der Waals surface area contributed by atoms with Gasteiger partial charge in [-0.1, -0.05) is 44.2 Å². The van der Waals surface area contributed by atoms with Crippen molar-refractivity contribution >= 4 is 50.0 Å². The minimum atomic E-state index is -0.536. The predicted molar refractivity (Wildman–Crippen MR) is 153 cm³/mol. The van der Waals surface area contributed by atoms with Crippen LogP contribution in [0.25, 0.3) is 17.0 Å². The third kappa shape index (κ3) is 4.35. The summed E-state index contributed by atoms with van der Waals surface area (Å²) in [6.07, 6.45) is 2.08. The zero-order valence-corrected chi connectivity index (χ0v) is 24.5. The molecule has 1 aliphatic carbocycles. The topological polar surface area (TPSA) is 58.9 Å². The monoisotopic (exact) mass is 552 g/mol. The molecule has 0 saturated carbocycles. The number of halogens is 1. The van der Waals surface area contributed by atoms with Gasteiger partial charge in [0.15, 0.2) is 11.3 Å². The van der Waals surface area contributed by atoms with Crippen LogP contribution in [0.3, 0.4) is 0 Å². The van der Waals surface area contributed by atoms with Crippen LogP contribution >= 0.6 is 33.2 Å². The van der Waals surface area contributed by atoms with E-state index in [1.165, 1.54) is 0 Å². The molecule has 0 radical (unpaired) electrons. The van der Waals surface area contributed by atoms with E-state index in [2.05, 4.69) is 40.9 Å². The van der Waals surface area contributed by atoms with Crippen molar-refractivity contribution in [2.24, 2.45) is 0 Å². The van der Waals surface area contributed by atoms with E-state index in [0.29, 0.717) is 0 Å². The van der Waals surface area contributed by atoms with Crippen molar-refractivity contribution in [1.82, 2.24) is 9.97 Å². The van der Waals surface area contributed by atoms with Crippen molar-refractivity contribution in [2.75, 3.05) is 7.11 Å². The number of hydrogen-bond acceptors (Lipinski definition) is 5. The number of ether oxygens (including phenoxy) is 1. The highest BCUT2D eigenvalue weighted by molar-refractivity contribution is 8.76. The Balaban J connectivity index is 1.57. The standard InChI is InChI=1S/C29H31ClN3O2S2/c1-16-14-33(24(17(2)25(16)35-7)15-36-37-19-10-8-9-18(30)11-19)27-31-22-12-20-21(13-23(22)32-27)29(5,6)26(34)28(20,3)4/h8-14H,15H2,1-7H3,(H,31,32)/q+1. The van der Waals surface area contributed by atoms with Crippen molar-refractivity contribution in [3.63, 3.8) is 0 Å². The molecule has 4 aromatic rings. The number of H-pyrrole nitrogens is 1. The summed E-state index contributed by atoms with van der Waals surface area (Å²) >= 11 is 6.17. The lowest BCUT2D eigenvalue weighted by Gasteiger charge is -2.21. The lowest BCUT2D eigenvalue weighted by atomic mass is 9.80. The van der Waals surface area contributed by atoms with E-state index in [4.69, 9.17) is 21.3 Å². The normalized spacial score (nSPS) is 15.8. The van der Waals surface area contributed by atoms with E-state index >= 15 is 0 Å². The fourth-order valence-electron chi connectivity index (χ4n) is 5.51. The number of Topliss-reactive ketones (excluding diaryl/α,β-unsaturated/α-hetero) is 1. The molecule has 2 aromatic heterocycles. The second-order valence-electron chi connectivity index (χ2n) is 10.6. The van der Waals surface area contributed by atoms with Gasteiger partial charge in [-0.3, -0.25) is 4.79 Å². The summed E-state index contributed by atoms with van der Waals surface area (Å²) in [4.78, 5) is 22.8. The van der Waals surface area contributed by atoms with Gasteiger partial charge in [0.1, 0.15) is 17.0 Å². The average molecular weight is 553 g/mol. The first-order valence-electron chi connectivity index (χ1n) is 12.2. The molecule has 0 saturated heterocycles. The van der Waals surface area contributed by atoms with E-state index in [-0.39, 0.29) is 5.78 Å². The van der Waals surface area contributed by atoms with Crippen LogP contribution in [0, 0.1) is 13.8 Å². The molecule has 0 spiro atoms. The largest absolute Gasteiger partial charge is 0.496 e. The molecule has 2 heterocycles. The van der Waals surface area contributed by atoms with Gasteiger partial charge in [-0.25, -0.2) is 9.55 Å². The first-order chi connectivity index (χ1) is 17.4. The summed E-state index contributed by atoms with van der Waals surface area (Å²) in [5.74, 6) is 2.62. The van der Waals surface area contributed by atoms with Gasteiger partial charge in [0, 0.05) is 31.9 Å². The van der Waals surface area contributed by atoms with Crippen LogP contribution in [0.2, 0.25) is 5.02 Å². The molecule has 1 N–H and O–H groups in total. The molecule has 5 nitrogen and oxygen atoms in total. The molecule has 0 amide bonds. The second-order valence-corrected chi connectivity index (χ2v) is 13.5. The van der Waals surface area contributed by atoms with Crippen LogP contribution in [0.1, 0.15) is 55.6 Å². The van der Waals surface area contributed by atoms with Crippen molar-refractivity contribution in [1.29, 1.82) is 0 Å². The number of carbonyl (C=O) groups excluding carboxylic acids is 1. The Morgan fingerprint density at radius 2 is 1.78 bits per heavy atom. The average Bonchev–Trinajstić information content (AvgIpc) is 3.31. The Hall–Kier alpha value is -2.48. The number of hydrogen-bond donors (Lipinski definition) is 1. The number of carbonyl (C=O) groups is 1. The van der Waals surface area contributed by atoms with E-state index in [1.54, 1.807) is 28.7 Å². The molecule has 0 bridgehead atoms. The van der Waals surface area contributed by atoms with Gasteiger partial charge in [-0.15, -0.1) is 0 Å². The van der Waals surface area contributed by atoms with E-state index in [1.807, 2.05) is 52.8 Å². The van der Waals surface area contributed by atoms with Crippen LogP contribution in [0.15, 0.2) is 47.5 Å². The highest BCUT2D eigenvalue weighted by atomic mass is 35.5. The number of nitrogens with one attached hydrogen (secondary N) is 1. The minimum Gasteiger partial charge on any atom is -0.496 e. The zero-order chi connectivity index (χ0) is 26.7. The van der Waals surface area contributed by atoms with Gasteiger partial charge in [-0.05, 0) is 83.0 Å². The Bertz CT molecular complexity index is 1500. The van der Waals surface area contributed by atoms with Crippen LogP contribution in [-0.2, 0) is 21.4 Å². The maximum Gasteiger partial charge on any atom is 0.402 e. The third-order valence-electron chi connectivity index (χ3n) is 7.42. The summed E-state index contributed by atoms with van der Waals surface area (Å²) in [6.45, 7) is 12.2. The molecular formula is C29H31ClN3O2S2+. The number of imidazole rings is 1. The number of ketones is 1. The molecule has 8 heteroatoms. The van der Waals surface area contributed by atoms with Gasteiger partial charge >= 0.3 is 5.95 Å². The minimum absolute atomic E-state index is 0.246. The Morgan fingerprint density at radius 1 is 1.08 bits per heavy atom. The van der Waals surface area contributed by atoms with Gasteiger partial charge in [-0.2, -0.15) is 0 Å². The molecule has 1 aliphatic rings. The fourth-order valence-corrected chi connectivity index (χ4v) is 7.97. The summed E-state index contributed by atoms with van der Waals surface area (Å²) in [5, 5.41) is 0.732. The number of benzene rings is 2. The number of nitrogens with zero attached hydrogens (tertiary/aromatic N) is 2. The first kappa shape index (κ1) is 26.1. The van der Waals surface area contributed by atoms with Crippen LogP contribution in [-0.4, -0.2) is 22.9 Å². The predicted octanol–water partition coefficient (Wildman–Crippen LogP) is 7.20.